The van der Waals surface area contributed by atoms with Gasteiger partial charge in [-0.05, 0) is 66.1 Å². The van der Waals surface area contributed by atoms with Gasteiger partial charge in [0.2, 0.25) is 5.91 Å². The van der Waals surface area contributed by atoms with Crippen LogP contribution in [0, 0.1) is 0 Å². The Morgan fingerprint density at radius 1 is 1.15 bits per heavy atom. The highest BCUT2D eigenvalue weighted by Crippen LogP contribution is 2.44. The molecule has 2 aliphatic rings. The maximum absolute atomic E-state index is 11.5. The van der Waals surface area contributed by atoms with E-state index in [0.717, 1.165) is 25.2 Å². The summed E-state index contributed by atoms with van der Waals surface area (Å²) in [6.07, 6.45) is 3.55. The molecule has 1 atom stereocenters. The number of rotatable bonds is 3. The first-order chi connectivity index (χ1) is 12.4. The lowest BCUT2D eigenvalue weighted by Crippen LogP contribution is -2.31. The Hall–Kier alpha value is -2.49. The minimum atomic E-state index is -0.371. The lowest BCUT2D eigenvalue weighted by atomic mass is 9.73. The summed E-state index contributed by atoms with van der Waals surface area (Å²) in [5.41, 5.74) is 10.9. The molecule has 26 heavy (non-hydrogen) atoms. The van der Waals surface area contributed by atoms with Crippen LogP contribution in [0.3, 0.4) is 0 Å². The van der Waals surface area contributed by atoms with Crippen LogP contribution in [0.15, 0.2) is 42.5 Å². The molecule has 0 spiro atoms. The second kappa shape index (κ2) is 6.35. The van der Waals surface area contributed by atoms with Crippen LogP contribution in [0.1, 0.15) is 60.6 Å². The predicted molar refractivity (Wildman–Crippen MR) is 107 cm³/mol. The van der Waals surface area contributed by atoms with E-state index in [1.54, 1.807) is 0 Å². The number of primary amides is 1. The monoisotopic (exact) mass is 349 g/mol. The lowest BCUT2D eigenvalue weighted by Gasteiger charge is -2.39. The average molecular weight is 349 g/mol. The number of nitrogens with zero attached hydrogens (tertiary/aromatic N) is 1. The third-order valence-electron chi connectivity index (χ3n) is 5.82. The molecule has 3 N–H and O–H groups in total. The van der Waals surface area contributed by atoms with E-state index in [0.29, 0.717) is 5.56 Å². The molecule has 1 saturated heterocycles. The molecule has 0 aromatic heterocycles. The molecule has 4 nitrogen and oxygen atoms in total. The number of fused-ring (bicyclic) bond motifs is 1. The normalized spacial score (nSPS) is 21.2. The summed E-state index contributed by atoms with van der Waals surface area (Å²) in [5, 5.41) is 3.68. The van der Waals surface area contributed by atoms with Crippen molar-refractivity contribution in [3.8, 4) is 0 Å². The number of carbonyl (C=O) groups excluding carboxylic acids is 1. The smallest absolute Gasteiger partial charge is 0.248 e. The van der Waals surface area contributed by atoms with Gasteiger partial charge in [0.25, 0.3) is 0 Å². The van der Waals surface area contributed by atoms with Crippen LogP contribution in [-0.2, 0) is 5.41 Å². The molecule has 0 radical (unpaired) electrons. The van der Waals surface area contributed by atoms with Gasteiger partial charge in [-0.15, -0.1) is 0 Å². The van der Waals surface area contributed by atoms with E-state index in [2.05, 4.69) is 48.3 Å². The molecule has 4 heteroatoms. The van der Waals surface area contributed by atoms with Gasteiger partial charge in [-0.25, -0.2) is 0 Å². The quantitative estimate of drug-likeness (QED) is 0.872. The van der Waals surface area contributed by atoms with Crippen LogP contribution in [0.5, 0.6) is 0 Å². The predicted octanol–water partition coefficient (Wildman–Crippen LogP) is 4.22. The van der Waals surface area contributed by atoms with Gasteiger partial charge < -0.3 is 16.0 Å². The Bertz CT molecular complexity index is 837. The number of hydrogen-bond acceptors (Lipinski definition) is 3. The first-order valence-electron chi connectivity index (χ1n) is 9.50. The number of carbonyl (C=O) groups is 1. The number of benzene rings is 2. The second-order valence-corrected chi connectivity index (χ2v) is 8.20. The van der Waals surface area contributed by atoms with Crippen LogP contribution in [-0.4, -0.2) is 19.0 Å². The summed E-state index contributed by atoms with van der Waals surface area (Å²) < 4.78 is 0. The highest BCUT2D eigenvalue weighted by atomic mass is 16.1. The third-order valence-corrected chi connectivity index (χ3v) is 5.82. The van der Waals surface area contributed by atoms with Crippen molar-refractivity contribution in [2.45, 2.75) is 44.6 Å². The molecule has 1 amide bonds. The molecule has 1 unspecified atom stereocenters. The molecular weight excluding hydrogens is 322 g/mol. The lowest BCUT2D eigenvalue weighted by molar-refractivity contribution is 0.1000. The van der Waals surface area contributed by atoms with E-state index in [1.807, 2.05) is 18.2 Å². The fourth-order valence-corrected chi connectivity index (χ4v) is 4.36. The molecule has 136 valence electrons. The van der Waals surface area contributed by atoms with Crippen LogP contribution < -0.4 is 16.0 Å². The van der Waals surface area contributed by atoms with Crippen molar-refractivity contribution in [2.75, 3.05) is 23.3 Å². The fraction of sp³-hybridized carbons (Fsp3) is 0.409. The maximum Gasteiger partial charge on any atom is 0.248 e. The highest BCUT2D eigenvalue weighted by molar-refractivity contribution is 5.93. The molecule has 4 rings (SSSR count). The van der Waals surface area contributed by atoms with Crippen molar-refractivity contribution < 1.29 is 4.79 Å². The van der Waals surface area contributed by atoms with Crippen LogP contribution >= 0.6 is 0 Å². The molecule has 0 aliphatic carbocycles. The fourth-order valence-electron chi connectivity index (χ4n) is 4.36. The number of nitrogens with one attached hydrogen (secondary N) is 1. The number of nitrogens with two attached hydrogens (primary N) is 1. The van der Waals surface area contributed by atoms with Crippen LogP contribution in [0.25, 0.3) is 0 Å². The summed E-state index contributed by atoms with van der Waals surface area (Å²) >= 11 is 0. The van der Waals surface area contributed by atoms with Crippen LogP contribution in [0.2, 0.25) is 0 Å². The number of amides is 1. The van der Waals surface area contributed by atoms with Gasteiger partial charge in [0, 0.05) is 30.0 Å². The Morgan fingerprint density at radius 2 is 1.92 bits per heavy atom. The Morgan fingerprint density at radius 3 is 2.65 bits per heavy atom. The first kappa shape index (κ1) is 17.0. The molecule has 0 bridgehead atoms. The van der Waals surface area contributed by atoms with Gasteiger partial charge in [0.05, 0.1) is 6.04 Å². The molecule has 2 aromatic rings. The minimum absolute atomic E-state index is 0.0274. The highest BCUT2D eigenvalue weighted by Gasteiger charge is 2.34. The summed E-state index contributed by atoms with van der Waals surface area (Å²) in [5.74, 6) is -0.371. The molecule has 2 aliphatic heterocycles. The van der Waals surface area contributed by atoms with Crippen molar-refractivity contribution in [1.82, 2.24) is 0 Å². The van der Waals surface area contributed by atoms with Crippen molar-refractivity contribution in [3.63, 3.8) is 0 Å². The minimum Gasteiger partial charge on any atom is -0.378 e. The molecule has 1 fully saturated rings. The van der Waals surface area contributed by atoms with E-state index >= 15 is 0 Å². The van der Waals surface area contributed by atoms with Gasteiger partial charge in [-0.3, -0.25) is 4.79 Å². The number of hydrogen-bond donors (Lipinski definition) is 2. The maximum atomic E-state index is 11.5. The van der Waals surface area contributed by atoms with E-state index in [4.69, 9.17) is 5.73 Å². The summed E-state index contributed by atoms with van der Waals surface area (Å²) in [6, 6.07) is 15.0. The van der Waals surface area contributed by atoms with E-state index in [9.17, 15) is 4.79 Å². The topological polar surface area (TPSA) is 58.4 Å². The van der Waals surface area contributed by atoms with E-state index in [1.165, 1.54) is 29.7 Å². The zero-order chi connectivity index (χ0) is 18.3. The number of anilines is 2. The summed E-state index contributed by atoms with van der Waals surface area (Å²) in [7, 11) is 0. The average Bonchev–Trinajstić information content (AvgIpc) is 3.15. The molecule has 0 saturated carbocycles. The molecular formula is C22H27N3O. The zero-order valence-electron chi connectivity index (χ0n) is 15.6. The molecule has 2 aromatic carbocycles. The largest absolute Gasteiger partial charge is 0.378 e. The van der Waals surface area contributed by atoms with Gasteiger partial charge in [0.1, 0.15) is 0 Å². The Balaban J connectivity index is 1.66. The van der Waals surface area contributed by atoms with Gasteiger partial charge >= 0.3 is 0 Å². The SMILES string of the molecule is CC1(C)CC(c2cccc(N3CCCC3)c2)Nc2ccc(C(N)=O)cc21. The Kier molecular flexibility index (Phi) is 4.14. The van der Waals surface area contributed by atoms with Gasteiger partial charge in [0.15, 0.2) is 0 Å². The summed E-state index contributed by atoms with van der Waals surface area (Å²) in [6.45, 7) is 6.81. The van der Waals surface area contributed by atoms with E-state index < -0.39 is 0 Å². The zero-order valence-corrected chi connectivity index (χ0v) is 15.6. The van der Waals surface area contributed by atoms with Crippen molar-refractivity contribution in [1.29, 1.82) is 0 Å². The van der Waals surface area contributed by atoms with Gasteiger partial charge in [-0.2, -0.15) is 0 Å². The van der Waals surface area contributed by atoms with Crippen molar-refractivity contribution in [3.05, 3.63) is 59.2 Å². The summed E-state index contributed by atoms with van der Waals surface area (Å²) in [4.78, 5) is 14.0. The Labute approximate surface area is 155 Å². The molecule has 2 heterocycles. The van der Waals surface area contributed by atoms with E-state index in [-0.39, 0.29) is 17.4 Å². The second-order valence-electron chi connectivity index (χ2n) is 8.20. The third kappa shape index (κ3) is 3.05. The van der Waals surface area contributed by atoms with Crippen molar-refractivity contribution >= 4 is 17.3 Å². The van der Waals surface area contributed by atoms with Crippen LogP contribution in [0.4, 0.5) is 11.4 Å². The standard InChI is InChI=1S/C22H27N3O/c1-22(2)14-20(24-19-9-8-16(21(23)26)13-18(19)22)15-6-5-7-17(12-15)25-10-3-4-11-25/h5-9,12-13,20,24H,3-4,10-11,14H2,1-2H3,(H2,23,26). The van der Waals surface area contributed by atoms with Crippen molar-refractivity contribution in [2.24, 2.45) is 5.73 Å². The van der Waals surface area contributed by atoms with Gasteiger partial charge in [-0.1, -0.05) is 26.0 Å². The first-order valence-corrected chi connectivity index (χ1v) is 9.50.